The van der Waals surface area contributed by atoms with Gasteiger partial charge in [-0.2, -0.15) is 5.26 Å². The minimum Gasteiger partial charge on any atom is -0.490 e. The van der Waals surface area contributed by atoms with Crippen LogP contribution in [-0.4, -0.2) is 22.8 Å². The molecule has 0 amide bonds. The maximum absolute atomic E-state index is 9.77. The van der Waals surface area contributed by atoms with Gasteiger partial charge in [-0.1, -0.05) is 37.6 Å². The fourth-order valence-electron chi connectivity index (χ4n) is 3.02. The van der Waals surface area contributed by atoms with Gasteiger partial charge in [0, 0.05) is 7.05 Å². The van der Waals surface area contributed by atoms with E-state index in [4.69, 9.17) is 21.1 Å². The molecule has 29 heavy (non-hydrogen) atoms. The molecule has 0 atom stereocenters. The summed E-state index contributed by atoms with van der Waals surface area (Å²) in [5, 5.41) is 10.2. The van der Waals surface area contributed by atoms with Gasteiger partial charge in [0.05, 0.1) is 34.8 Å². The predicted molar refractivity (Wildman–Crippen MR) is 117 cm³/mol. The highest BCUT2D eigenvalue weighted by Gasteiger charge is 2.15. The zero-order valence-corrected chi connectivity index (χ0v) is 17.8. The first kappa shape index (κ1) is 20.8. The zero-order chi connectivity index (χ0) is 21.0. The second-order valence-electron chi connectivity index (χ2n) is 7.12. The van der Waals surface area contributed by atoms with Crippen LogP contribution in [0.15, 0.2) is 36.4 Å². The number of hydrogen-bond acceptors (Lipinski definition) is 4. The number of hydrogen-bond donors (Lipinski definition) is 0. The molecule has 1 aromatic heterocycles. The van der Waals surface area contributed by atoms with Crippen molar-refractivity contribution >= 4 is 34.3 Å². The largest absolute Gasteiger partial charge is 0.490 e. The average molecular weight is 410 g/mol. The molecule has 0 N–H and O–H groups in total. The van der Waals surface area contributed by atoms with Crippen LogP contribution in [0.2, 0.25) is 5.02 Å². The van der Waals surface area contributed by atoms with Crippen molar-refractivity contribution < 1.29 is 9.47 Å². The monoisotopic (exact) mass is 409 g/mol. The molecular formula is C23H24ClN3O2. The SMILES string of the molecule is CCOc1cc(/C=C(/C#N)c2nc3ccccc3n2C)cc(Cl)c1OCC(C)C. The molecular weight excluding hydrogens is 386 g/mol. The Morgan fingerprint density at radius 3 is 2.69 bits per heavy atom. The van der Waals surface area contributed by atoms with Crippen molar-refractivity contribution in [2.24, 2.45) is 13.0 Å². The van der Waals surface area contributed by atoms with Crippen molar-refractivity contribution in [3.63, 3.8) is 0 Å². The minimum atomic E-state index is 0.364. The lowest BCUT2D eigenvalue weighted by Crippen LogP contribution is -2.07. The third-order valence-electron chi connectivity index (χ3n) is 4.35. The summed E-state index contributed by atoms with van der Waals surface area (Å²) in [5.41, 5.74) is 3.00. The van der Waals surface area contributed by atoms with E-state index in [1.807, 2.05) is 48.9 Å². The lowest BCUT2D eigenvalue weighted by Gasteiger charge is -2.15. The van der Waals surface area contributed by atoms with E-state index in [-0.39, 0.29) is 0 Å². The van der Waals surface area contributed by atoms with Gasteiger partial charge in [-0.25, -0.2) is 4.98 Å². The molecule has 0 fully saturated rings. The highest BCUT2D eigenvalue weighted by Crippen LogP contribution is 2.38. The molecule has 3 aromatic rings. The Morgan fingerprint density at radius 1 is 1.28 bits per heavy atom. The standard InChI is InChI=1S/C23H24ClN3O2/c1-5-28-21-12-16(11-18(24)22(21)29-14-15(2)3)10-17(13-25)23-26-19-8-6-7-9-20(19)27(23)4/h6-12,15H,5,14H2,1-4H3/b17-10-. The van der Waals surface area contributed by atoms with Crippen LogP contribution >= 0.6 is 11.6 Å². The van der Waals surface area contributed by atoms with Gasteiger partial charge in [0.1, 0.15) is 6.07 Å². The van der Waals surface area contributed by atoms with E-state index >= 15 is 0 Å². The van der Waals surface area contributed by atoms with Gasteiger partial charge in [0.15, 0.2) is 17.3 Å². The number of fused-ring (bicyclic) bond motifs is 1. The summed E-state index contributed by atoms with van der Waals surface area (Å²) >= 11 is 6.48. The van der Waals surface area contributed by atoms with Crippen molar-refractivity contribution in [3.8, 4) is 17.6 Å². The molecule has 0 aliphatic heterocycles. The van der Waals surface area contributed by atoms with E-state index in [1.165, 1.54) is 0 Å². The average Bonchev–Trinajstić information content (AvgIpc) is 3.02. The van der Waals surface area contributed by atoms with Crippen LogP contribution in [-0.2, 0) is 7.05 Å². The first-order valence-corrected chi connectivity index (χ1v) is 9.95. The maximum Gasteiger partial charge on any atom is 0.179 e. The van der Waals surface area contributed by atoms with Gasteiger partial charge in [-0.3, -0.25) is 0 Å². The molecule has 6 heteroatoms. The molecule has 5 nitrogen and oxygen atoms in total. The van der Waals surface area contributed by atoms with Gasteiger partial charge in [0.2, 0.25) is 0 Å². The van der Waals surface area contributed by atoms with Crippen LogP contribution in [0, 0.1) is 17.2 Å². The molecule has 0 spiro atoms. The number of nitrogens with zero attached hydrogens (tertiary/aromatic N) is 3. The van der Waals surface area contributed by atoms with Crippen molar-refractivity contribution in [1.29, 1.82) is 5.26 Å². The molecule has 0 aliphatic carbocycles. The molecule has 3 rings (SSSR count). The summed E-state index contributed by atoms with van der Waals surface area (Å²) in [6.07, 6.45) is 1.77. The number of aryl methyl sites for hydroxylation is 1. The minimum absolute atomic E-state index is 0.364. The summed E-state index contributed by atoms with van der Waals surface area (Å²) in [6.45, 7) is 7.07. The van der Waals surface area contributed by atoms with E-state index in [1.54, 1.807) is 12.1 Å². The lowest BCUT2D eigenvalue weighted by molar-refractivity contribution is 0.248. The van der Waals surface area contributed by atoms with Crippen LogP contribution in [0.3, 0.4) is 0 Å². The molecule has 0 bridgehead atoms. The van der Waals surface area contributed by atoms with Crippen LogP contribution in [0.1, 0.15) is 32.2 Å². The number of benzene rings is 2. The Balaban J connectivity index is 2.05. The quantitative estimate of drug-likeness (QED) is 0.468. The second-order valence-corrected chi connectivity index (χ2v) is 7.53. The number of para-hydroxylation sites is 2. The number of allylic oxidation sites excluding steroid dienone is 1. The van der Waals surface area contributed by atoms with E-state index in [0.717, 1.165) is 16.6 Å². The molecule has 0 unspecified atom stereocenters. The second kappa shape index (κ2) is 9.02. The number of aromatic nitrogens is 2. The molecule has 0 radical (unpaired) electrons. The van der Waals surface area contributed by atoms with Crippen molar-refractivity contribution in [2.75, 3.05) is 13.2 Å². The number of halogens is 1. The molecule has 0 saturated carbocycles. The third-order valence-corrected chi connectivity index (χ3v) is 4.63. The molecule has 1 heterocycles. The molecule has 150 valence electrons. The molecule has 2 aromatic carbocycles. The van der Waals surface area contributed by atoms with E-state index in [2.05, 4.69) is 24.9 Å². The smallest absolute Gasteiger partial charge is 0.179 e. The Labute approximate surface area is 176 Å². The normalized spacial score (nSPS) is 11.7. The van der Waals surface area contributed by atoms with Gasteiger partial charge in [0.25, 0.3) is 0 Å². The van der Waals surface area contributed by atoms with Crippen LogP contribution in [0.25, 0.3) is 22.7 Å². The fraction of sp³-hybridized carbons (Fsp3) is 0.304. The summed E-state index contributed by atoms with van der Waals surface area (Å²) < 4.78 is 13.5. The van der Waals surface area contributed by atoms with Gasteiger partial charge in [-0.05, 0) is 48.7 Å². The van der Waals surface area contributed by atoms with Crippen LogP contribution in [0.5, 0.6) is 11.5 Å². The summed E-state index contributed by atoms with van der Waals surface area (Å²) in [7, 11) is 1.90. The Kier molecular flexibility index (Phi) is 6.46. The van der Waals surface area contributed by atoms with Crippen LogP contribution in [0.4, 0.5) is 0 Å². The van der Waals surface area contributed by atoms with Gasteiger partial charge in [-0.15, -0.1) is 0 Å². The molecule has 0 aliphatic rings. The fourth-order valence-corrected chi connectivity index (χ4v) is 3.30. The summed E-state index contributed by atoms with van der Waals surface area (Å²) in [5.74, 6) is 2.06. The Hall–Kier alpha value is -2.97. The maximum atomic E-state index is 9.77. The van der Waals surface area contributed by atoms with Crippen LogP contribution < -0.4 is 9.47 Å². The van der Waals surface area contributed by atoms with E-state index in [9.17, 15) is 5.26 Å². The van der Waals surface area contributed by atoms with Crippen molar-refractivity contribution in [1.82, 2.24) is 9.55 Å². The highest BCUT2D eigenvalue weighted by atomic mass is 35.5. The van der Waals surface area contributed by atoms with Gasteiger partial charge >= 0.3 is 0 Å². The topological polar surface area (TPSA) is 60.1 Å². The third kappa shape index (κ3) is 4.55. The Bertz CT molecular complexity index is 1090. The van der Waals surface area contributed by atoms with Gasteiger partial charge < -0.3 is 14.0 Å². The zero-order valence-electron chi connectivity index (χ0n) is 17.1. The highest BCUT2D eigenvalue weighted by molar-refractivity contribution is 6.32. The molecule has 0 saturated heterocycles. The van der Waals surface area contributed by atoms with Crippen molar-refractivity contribution in [2.45, 2.75) is 20.8 Å². The number of rotatable bonds is 7. The Morgan fingerprint density at radius 2 is 2.03 bits per heavy atom. The first-order chi connectivity index (χ1) is 13.9. The number of nitriles is 1. The lowest BCUT2D eigenvalue weighted by atomic mass is 10.1. The summed E-state index contributed by atoms with van der Waals surface area (Å²) in [6, 6.07) is 13.7. The number of imidazole rings is 1. The summed E-state index contributed by atoms with van der Waals surface area (Å²) in [4.78, 5) is 4.61. The number of ether oxygens (including phenoxy) is 2. The van der Waals surface area contributed by atoms with E-state index in [0.29, 0.717) is 47.1 Å². The van der Waals surface area contributed by atoms with Crippen molar-refractivity contribution in [3.05, 3.63) is 52.8 Å². The predicted octanol–water partition coefficient (Wildman–Crippen LogP) is 5.72. The van der Waals surface area contributed by atoms with E-state index < -0.39 is 0 Å². The first-order valence-electron chi connectivity index (χ1n) is 9.57.